The summed E-state index contributed by atoms with van der Waals surface area (Å²) in [7, 11) is 0. The van der Waals surface area contributed by atoms with Crippen molar-refractivity contribution < 1.29 is 19.8 Å². The van der Waals surface area contributed by atoms with Crippen molar-refractivity contribution in [3.63, 3.8) is 0 Å². The van der Waals surface area contributed by atoms with Gasteiger partial charge < -0.3 is 20.8 Å². The Morgan fingerprint density at radius 1 is 0.889 bits per heavy atom. The zero-order chi connectivity index (χ0) is 19.6. The van der Waals surface area contributed by atoms with Gasteiger partial charge in [-0.25, -0.2) is 0 Å². The first-order valence-electron chi connectivity index (χ1n) is 8.45. The normalized spacial score (nSPS) is 11.0. The van der Waals surface area contributed by atoms with E-state index in [0.29, 0.717) is 0 Å². The molecule has 1 unspecified atom stereocenters. The monoisotopic (exact) mass is 366 g/mol. The topological polar surface area (TPSA) is 98.7 Å². The summed E-state index contributed by atoms with van der Waals surface area (Å²) in [6.07, 6.45) is 0. The largest absolute Gasteiger partial charge is 0.480 e. The van der Waals surface area contributed by atoms with Crippen LogP contribution in [0.5, 0.6) is 0 Å². The molecule has 4 N–H and O–H groups in total. The Kier molecular flexibility index (Phi) is 7.19. The van der Waals surface area contributed by atoms with Crippen LogP contribution in [-0.4, -0.2) is 34.7 Å². The highest BCUT2D eigenvalue weighted by atomic mass is 16.4. The first-order chi connectivity index (χ1) is 13.0. The predicted molar refractivity (Wildman–Crippen MR) is 107 cm³/mol. The SMILES string of the molecule is CC(Nc1cccc2ccccc12)C(=O)O.O=C(O)CNc1ccccc1. The molecule has 0 saturated heterocycles. The Labute approximate surface area is 157 Å². The number of fused-ring (bicyclic) bond motifs is 1. The van der Waals surface area contributed by atoms with Crippen LogP contribution < -0.4 is 10.6 Å². The van der Waals surface area contributed by atoms with E-state index >= 15 is 0 Å². The molecule has 27 heavy (non-hydrogen) atoms. The summed E-state index contributed by atoms with van der Waals surface area (Å²) in [5.74, 6) is -1.71. The van der Waals surface area contributed by atoms with Crippen molar-refractivity contribution in [1.29, 1.82) is 0 Å². The van der Waals surface area contributed by atoms with Gasteiger partial charge >= 0.3 is 11.9 Å². The zero-order valence-corrected chi connectivity index (χ0v) is 14.9. The number of benzene rings is 3. The van der Waals surface area contributed by atoms with Crippen LogP contribution in [0, 0.1) is 0 Å². The Balaban J connectivity index is 0.000000208. The van der Waals surface area contributed by atoms with E-state index in [0.717, 1.165) is 22.1 Å². The van der Waals surface area contributed by atoms with Gasteiger partial charge in [0.2, 0.25) is 0 Å². The molecule has 3 aromatic carbocycles. The summed E-state index contributed by atoms with van der Waals surface area (Å²) in [6, 6.07) is 22.3. The quantitative estimate of drug-likeness (QED) is 0.528. The number of para-hydroxylation sites is 1. The molecule has 1 atom stereocenters. The Bertz CT molecular complexity index is 892. The molecule has 0 saturated carbocycles. The minimum absolute atomic E-state index is 0.0377. The van der Waals surface area contributed by atoms with E-state index in [1.54, 1.807) is 6.92 Å². The number of nitrogens with one attached hydrogen (secondary N) is 2. The molecule has 0 spiro atoms. The first-order valence-corrected chi connectivity index (χ1v) is 8.45. The van der Waals surface area contributed by atoms with Gasteiger partial charge in [0.15, 0.2) is 0 Å². The molecule has 0 aliphatic heterocycles. The summed E-state index contributed by atoms with van der Waals surface area (Å²) >= 11 is 0. The molecule has 3 aromatic rings. The van der Waals surface area contributed by atoms with Crippen LogP contribution in [0.4, 0.5) is 11.4 Å². The molecule has 0 aromatic heterocycles. The van der Waals surface area contributed by atoms with Crippen LogP contribution in [0.1, 0.15) is 6.92 Å². The Hall–Kier alpha value is -3.54. The molecule has 3 rings (SSSR count). The molecule has 6 heteroatoms. The van der Waals surface area contributed by atoms with E-state index < -0.39 is 18.0 Å². The summed E-state index contributed by atoms with van der Waals surface area (Å²) in [4.78, 5) is 20.9. The fourth-order valence-electron chi connectivity index (χ4n) is 2.38. The Morgan fingerprint density at radius 3 is 2.19 bits per heavy atom. The minimum atomic E-state index is -0.854. The van der Waals surface area contributed by atoms with Crippen molar-refractivity contribution in [2.75, 3.05) is 17.2 Å². The van der Waals surface area contributed by atoms with Crippen molar-refractivity contribution in [2.45, 2.75) is 13.0 Å². The molecule has 6 nitrogen and oxygen atoms in total. The highest BCUT2D eigenvalue weighted by molar-refractivity contribution is 5.95. The van der Waals surface area contributed by atoms with Crippen molar-refractivity contribution in [2.24, 2.45) is 0 Å². The molecule has 0 heterocycles. The number of carboxylic acid groups (broad SMARTS) is 2. The molecule has 0 aliphatic carbocycles. The van der Waals surface area contributed by atoms with Crippen molar-refractivity contribution >= 4 is 34.1 Å². The summed E-state index contributed by atoms with van der Waals surface area (Å²) in [5, 5.41) is 25.0. The summed E-state index contributed by atoms with van der Waals surface area (Å²) < 4.78 is 0. The van der Waals surface area contributed by atoms with E-state index in [2.05, 4.69) is 10.6 Å². The fourth-order valence-corrected chi connectivity index (χ4v) is 2.38. The van der Waals surface area contributed by atoms with Gasteiger partial charge in [0.05, 0.1) is 0 Å². The third-order valence-corrected chi connectivity index (χ3v) is 3.75. The van der Waals surface area contributed by atoms with E-state index in [4.69, 9.17) is 10.2 Å². The lowest BCUT2D eigenvalue weighted by atomic mass is 10.1. The zero-order valence-electron chi connectivity index (χ0n) is 14.9. The van der Waals surface area contributed by atoms with Crippen LogP contribution in [0.2, 0.25) is 0 Å². The molecule has 0 aliphatic rings. The number of hydrogen-bond acceptors (Lipinski definition) is 4. The van der Waals surface area contributed by atoms with E-state index in [1.165, 1.54) is 0 Å². The van der Waals surface area contributed by atoms with E-state index in [-0.39, 0.29) is 6.54 Å². The Morgan fingerprint density at radius 2 is 1.52 bits per heavy atom. The molecular formula is C21H22N2O4. The summed E-state index contributed by atoms with van der Waals surface area (Å²) in [6.45, 7) is 1.59. The fraction of sp³-hybridized carbons (Fsp3) is 0.143. The van der Waals surface area contributed by atoms with Crippen LogP contribution in [0.25, 0.3) is 10.8 Å². The maximum absolute atomic E-state index is 10.8. The van der Waals surface area contributed by atoms with E-state index in [1.807, 2.05) is 72.8 Å². The van der Waals surface area contributed by atoms with Gasteiger partial charge in [0.25, 0.3) is 0 Å². The second kappa shape index (κ2) is 9.82. The number of carbonyl (C=O) groups is 2. The molecule has 0 amide bonds. The van der Waals surface area contributed by atoms with Gasteiger partial charge in [0.1, 0.15) is 12.6 Å². The van der Waals surface area contributed by atoms with Gasteiger partial charge in [-0.2, -0.15) is 0 Å². The van der Waals surface area contributed by atoms with Gasteiger partial charge in [0, 0.05) is 16.8 Å². The van der Waals surface area contributed by atoms with E-state index in [9.17, 15) is 9.59 Å². The lowest BCUT2D eigenvalue weighted by Gasteiger charge is -2.12. The van der Waals surface area contributed by atoms with Crippen LogP contribution in [0.15, 0.2) is 72.8 Å². The molecular weight excluding hydrogens is 344 g/mol. The number of rotatable bonds is 6. The first kappa shape index (κ1) is 19.8. The van der Waals surface area contributed by atoms with Crippen molar-refractivity contribution in [3.8, 4) is 0 Å². The second-order valence-corrected chi connectivity index (χ2v) is 5.84. The minimum Gasteiger partial charge on any atom is -0.480 e. The molecule has 0 radical (unpaired) electrons. The van der Waals surface area contributed by atoms with Gasteiger partial charge in [-0.05, 0) is 30.5 Å². The third kappa shape index (κ3) is 6.36. The second-order valence-electron chi connectivity index (χ2n) is 5.84. The highest BCUT2D eigenvalue weighted by Gasteiger charge is 2.11. The molecule has 140 valence electrons. The average molecular weight is 366 g/mol. The van der Waals surface area contributed by atoms with Crippen LogP contribution in [-0.2, 0) is 9.59 Å². The molecule has 0 bridgehead atoms. The van der Waals surface area contributed by atoms with Gasteiger partial charge in [-0.3, -0.25) is 9.59 Å². The highest BCUT2D eigenvalue weighted by Crippen LogP contribution is 2.23. The van der Waals surface area contributed by atoms with Gasteiger partial charge in [-0.15, -0.1) is 0 Å². The number of anilines is 2. The smallest absolute Gasteiger partial charge is 0.325 e. The average Bonchev–Trinajstić information content (AvgIpc) is 2.68. The maximum atomic E-state index is 10.8. The lowest BCUT2D eigenvalue weighted by molar-refractivity contribution is -0.137. The number of carboxylic acids is 2. The third-order valence-electron chi connectivity index (χ3n) is 3.75. The van der Waals surface area contributed by atoms with Crippen molar-refractivity contribution in [1.82, 2.24) is 0 Å². The predicted octanol–water partition coefficient (Wildman–Crippen LogP) is 3.91. The maximum Gasteiger partial charge on any atom is 0.325 e. The standard InChI is InChI=1S/C13H13NO2.C8H9NO2/c1-9(13(15)16)14-12-8-4-6-10-5-2-3-7-11(10)12;10-8(11)6-9-7-4-2-1-3-5-7/h2-9,14H,1H3,(H,15,16);1-5,9H,6H2,(H,10,11). The van der Waals surface area contributed by atoms with Gasteiger partial charge in [-0.1, -0.05) is 54.6 Å². The summed E-state index contributed by atoms with van der Waals surface area (Å²) in [5.41, 5.74) is 1.68. The van der Waals surface area contributed by atoms with Crippen LogP contribution in [0.3, 0.4) is 0 Å². The molecule has 0 fully saturated rings. The van der Waals surface area contributed by atoms with Crippen LogP contribution >= 0.6 is 0 Å². The number of aliphatic carboxylic acids is 2. The number of hydrogen-bond donors (Lipinski definition) is 4. The van der Waals surface area contributed by atoms with Crippen molar-refractivity contribution in [3.05, 3.63) is 72.8 Å². The lowest BCUT2D eigenvalue weighted by Crippen LogP contribution is -2.25.